The van der Waals surface area contributed by atoms with E-state index < -0.39 is 0 Å². The molecule has 3 aromatic rings. The average Bonchev–Trinajstić information content (AvgIpc) is 2.62. The first-order valence-electron chi connectivity index (χ1n) is 8.08. The first kappa shape index (κ1) is 17.3. The number of hydrogen-bond acceptors (Lipinski definition) is 5. The molecule has 130 valence electrons. The van der Waals surface area contributed by atoms with Gasteiger partial charge in [0.05, 0.1) is 11.4 Å². The summed E-state index contributed by atoms with van der Waals surface area (Å²) in [6.45, 7) is 3.78. The lowest BCUT2D eigenvalue weighted by Crippen LogP contribution is -2.21. The van der Waals surface area contributed by atoms with E-state index in [0.717, 1.165) is 11.4 Å². The summed E-state index contributed by atoms with van der Waals surface area (Å²) in [5.41, 5.74) is 6.33. The van der Waals surface area contributed by atoms with Gasteiger partial charge in [-0.1, -0.05) is 12.1 Å². The lowest BCUT2D eigenvalue weighted by atomic mass is 10.1. The van der Waals surface area contributed by atoms with Crippen LogP contribution in [0, 0.1) is 13.8 Å². The number of rotatable bonds is 4. The van der Waals surface area contributed by atoms with Crippen LogP contribution in [0.4, 0.5) is 0 Å². The van der Waals surface area contributed by atoms with E-state index in [0.29, 0.717) is 22.7 Å². The number of nitrogens with one attached hydrogen (secondary N) is 1. The summed E-state index contributed by atoms with van der Waals surface area (Å²) in [4.78, 5) is 21.3. The van der Waals surface area contributed by atoms with Crippen molar-refractivity contribution in [1.82, 2.24) is 15.4 Å². The van der Waals surface area contributed by atoms with Gasteiger partial charge in [-0.3, -0.25) is 14.8 Å². The number of carbonyl (C=O) groups excluding carboxylic acids is 1. The maximum Gasteiger partial charge on any atom is 0.271 e. The van der Waals surface area contributed by atoms with Crippen molar-refractivity contribution in [3.8, 4) is 5.75 Å². The van der Waals surface area contributed by atoms with Crippen molar-refractivity contribution in [2.24, 2.45) is 5.10 Å². The summed E-state index contributed by atoms with van der Waals surface area (Å²) in [7, 11) is 0. The third-order valence-electron chi connectivity index (χ3n) is 3.66. The molecule has 0 aliphatic carbocycles. The van der Waals surface area contributed by atoms with Gasteiger partial charge in [0.15, 0.2) is 0 Å². The molecule has 2 aromatic heterocycles. The van der Waals surface area contributed by atoms with Gasteiger partial charge < -0.3 is 5.11 Å². The quantitative estimate of drug-likeness (QED) is 0.561. The third kappa shape index (κ3) is 4.10. The summed E-state index contributed by atoms with van der Waals surface area (Å²) >= 11 is 0. The Morgan fingerprint density at radius 3 is 1.92 bits per heavy atom. The van der Waals surface area contributed by atoms with E-state index in [-0.39, 0.29) is 11.7 Å². The van der Waals surface area contributed by atoms with Crippen LogP contribution in [0.2, 0.25) is 0 Å². The smallest absolute Gasteiger partial charge is 0.271 e. The van der Waals surface area contributed by atoms with Crippen molar-refractivity contribution in [2.45, 2.75) is 13.8 Å². The molecule has 0 aliphatic heterocycles. The van der Waals surface area contributed by atoms with E-state index in [2.05, 4.69) is 20.5 Å². The van der Waals surface area contributed by atoms with Gasteiger partial charge in [0.2, 0.25) is 0 Å². The van der Waals surface area contributed by atoms with Crippen LogP contribution in [-0.2, 0) is 0 Å². The highest BCUT2D eigenvalue weighted by Gasteiger charge is 2.12. The minimum atomic E-state index is -0.386. The molecule has 0 saturated carbocycles. The summed E-state index contributed by atoms with van der Waals surface area (Å²) in [6, 6.07) is 17.1. The molecule has 0 atom stereocenters. The molecule has 0 spiro atoms. The number of aromatic hydroxyl groups is 1. The number of nitrogens with zero attached hydrogens (tertiary/aromatic N) is 3. The predicted molar refractivity (Wildman–Crippen MR) is 99.2 cm³/mol. The minimum absolute atomic E-state index is 0.0960. The summed E-state index contributed by atoms with van der Waals surface area (Å²) < 4.78 is 0. The number of hydrazone groups is 1. The predicted octanol–water partition coefficient (Wildman–Crippen LogP) is 2.98. The van der Waals surface area contributed by atoms with E-state index in [1.807, 2.05) is 50.2 Å². The number of phenolic OH excluding ortho intramolecular Hbond substituents is 1. The molecule has 1 amide bonds. The van der Waals surface area contributed by atoms with Gasteiger partial charge in [-0.25, -0.2) is 5.43 Å². The Morgan fingerprint density at radius 2 is 1.42 bits per heavy atom. The monoisotopic (exact) mass is 346 g/mol. The van der Waals surface area contributed by atoms with Crippen molar-refractivity contribution in [3.63, 3.8) is 0 Å². The van der Waals surface area contributed by atoms with E-state index in [4.69, 9.17) is 0 Å². The molecule has 0 saturated heterocycles. The number of amides is 1. The van der Waals surface area contributed by atoms with Crippen LogP contribution < -0.4 is 5.43 Å². The topological polar surface area (TPSA) is 87.5 Å². The number of hydrogen-bond donors (Lipinski definition) is 2. The second kappa shape index (κ2) is 7.57. The zero-order valence-electron chi connectivity index (χ0n) is 14.5. The van der Waals surface area contributed by atoms with Crippen LogP contribution in [-0.4, -0.2) is 26.7 Å². The van der Waals surface area contributed by atoms with Crippen LogP contribution in [0.3, 0.4) is 0 Å². The van der Waals surface area contributed by atoms with Gasteiger partial charge in [-0.15, -0.1) is 0 Å². The zero-order valence-corrected chi connectivity index (χ0v) is 14.5. The zero-order chi connectivity index (χ0) is 18.5. The standard InChI is InChI=1S/C20H18N4O2/c1-13-5-3-7-17(21-13)19(18-8-4-6-14(2)22-18)23-24-20(26)15-9-11-16(25)12-10-15/h3-12,25H,1-2H3,(H,24,26). The molecule has 0 bridgehead atoms. The fourth-order valence-electron chi connectivity index (χ4n) is 2.38. The Bertz CT molecular complexity index is 918. The van der Waals surface area contributed by atoms with Gasteiger partial charge >= 0.3 is 0 Å². The third-order valence-corrected chi connectivity index (χ3v) is 3.66. The summed E-state index contributed by atoms with van der Waals surface area (Å²) in [5.74, 6) is -0.290. The van der Waals surface area contributed by atoms with E-state index in [1.165, 1.54) is 24.3 Å². The number of phenols is 1. The highest BCUT2D eigenvalue weighted by molar-refractivity contribution is 6.11. The summed E-state index contributed by atoms with van der Waals surface area (Å²) in [6.07, 6.45) is 0. The highest BCUT2D eigenvalue weighted by Crippen LogP contribution is 2.11. The molecule has 26 heavy (non-hydrogen) atoms. The summed E-state index contributed by atoms with van der Waals surface area (Å²) in [5, 5.41) is 13.6. The Labute approximate surface area is 151 Å². The molecule has 2 N–H and O–H groups in total. The molecule has 0 aliphatic rings. The van der Waals surface area contributed by atoms with Crippen molar-refractivity contribution in [2.75, 3.05) is 0 Å². The average molecular weight is 346 g/mol. The van der Waals surface area contributed by atoms with Gasteiger partial charge in [0.1, 0.15) is 11.5 Å². The van der Waals surface area contributed by atoms with Gasteiger partial charge in [-0.05, 0) is 62.4 Å². The molecule has 0 unspecified atom stereocenters. The molecular formula is C20H18N4O2. The van der Waals surface area contributed by atoms with Crippen LogP contribution in [0.15, 0.2) is 65.8 Å². The maximum atomic E-state index is 12.3. The van der Waals surface area contributed by atoms with Crippen molar-refractivity contribution < 1.29 is 9.90 Å². The van der Waals surface area contributed by atoms with Crippen molar-refractivity contribution in [1.29, 1.82) is 0 Å². The van der Waals surface area contributed by atoms with Crippen LogP contribution >= 0.6 is 0 Å². The van der Waals surface area contributed by atoms with Gasteiger partial charge in [-0.2, -0.15) is 5.10 Å². The molecule has 0 fully saturated rings. The normalized spacial score (nSPS) is 10.2. The Balaban J connectivity index is 1.96. The SMILES string of the molecule is Cc1cccc(C(=NNC(=O)c2ccc(O)cc2)c2cccc(C)n2)n1. The van der Waals surface area contributed by atoms with Crippen molar-refractivity contribution in [3.05, 3.63) is 89.0 Å². The van der Waals surface area contributed by atoms with Crippen LogP contribution in [0.1, 0.15) is 33.1 Å². The van der Waals surface area contributed by atoms with Crippen LogP contribution in [0.5, 0.6) is 5.75 Å². The fraction of sp³-hybridized carbons (Fsp3) is 0.100. The Morgan fingerprint density at radius 1 is 0.885 bits per heavy atom. The maximum absolute atomic E-state index is 12.3. The van der Waals surface area contributed by atoms with Gasteiger partial charge in [0.25, 0.3) is 5.91 Å². The number of pyridine rings is 2. The van der Waals surface area contributed by atoms with Crippen LogP contribution in [0.25, 0.3) is 0 Å². The lowest BCUT2D eigenvalue weighted by Gasteiger charge is -2.08. The number of benzene rings is 1. The first-order valence-corrected chi connectivity index (χ1v) is 8.08. The van der Waals surface area contributed by atoms with Gasteiger partial charge in [0, 0.05) is 17.0 Å². The minimum Gasteiger partial charge on any atom is -0.508 e. The number of carbonyl (C=O) groups is 1. The van der Waals surface area contributed by atoms with E-state index in [9.17, 15) is 9.90 Å². The molecule has 6 nitrogen and oxygen atoms in total. The van der Waals surface area contributed by atoms with E-state index in [1.54, 1.807) is 0 Å². The molecule has 0 radical (unpaired) electrons. The number of aryl methyl sites for hydroxylation is 2. The molecule has 3 rings (SSSR count). The lowest BCUT2D eigenvalue weighted by molar-refractivity contribution is 0.0955. The Hall–Kier alpha value is -3.54. The second-order valence-electron chi connectivity index (χ2n) is 5.78. The first-order chi connectivity index (χ1) is 12.5. The molecule has 2 heterocycles. The molecule has 1 aromatic carbocycles. The Kier molecular flexibility index (Phi) is 5.03. The van der Waals surface area contributed by atoms with Crippen molar-refractivity contribution >= 4 is 11.6 Å². The second-order valence-corrected chi connectivity index (χ2v) is 5.78. The highest BCUT2D eigenvalue weighted by atomic mass is 16.3. The van der Waals surface area contributed by atoms with E-state index >= 15 is 0 Å². The largest absolute Gasteiger partial charge is 0.508 e. The molecule has 6 heteroatoms. The fourth-order valence-corrected chi connectivity index (χ4v) is 2.38. The number of aromatic nitrogens is 2. The molecular weight excluding hydrogens is 328 g/mol.